The molecule has 0 saturated heterocycles. The molecule has 5 rings (SSSR count). The van der Waals surface area contributed by atoms with Crippen LogP contribution in [0.3, 0.4) is 0 Å². The van der Waals surface area contributed by atoms with Gasteiger partial charge in [0.2, 0.25) is 5.91 Å². The number of nitrogens with two attached hydrogens (primary N) is 1. The second-order valence-electron chi connectivity index (χ2n) is 8.42. The summed E-state index contributed by atoms with van der Waals surface area (Å²) in [4.78, 5) is 41.5. The summed E-state index contributed by atoms with van der Waals surface area (Å²) in [5.74, 6) is -0.302. The van der Waals surface area contributed by atoms with Crippen LogP contribution in [-0.2, 0) is 14.1 Å². The number of rotatable bonds is 5. The zero-order valence-corrected chi connectivity index (χ0v) is 19.9. The molecule has 0 aliphatic heterocycles. The van der Waals surface area contributed by atoms with Gasteiger partial charge in [0.1, 0.15) is 11.5 Å². The molecule has 3 N–H and O–H groups in total. The van der Waals surface area contributed by atoms with Crippen LogP contribution in [0.2, 0.25) is 0 Å². The maximum atomic E-state index is 13.1. The first-order valence-electron chi connectivity index (χ1n) is 11.1. The van der Waals surface area contributed by atoms with Crippen LogP contribution in [0.4, 0.5) is 5.69 Å². The molecule has 0 aliphatic carbocycles. The molecule has 36 heavy (non-hydrogen) atoms. The molecule has 0 spiro atoms. The number of amides is 2. The van der Waals surface area contributed by atoms with Crippen molar-refractivity contribution < 1.29 is 9.59 Å². The van der Waals surface area contributed by atoms with Gasteiger partial charge in [0.05, 0.1) is 16.9 Å². The first kappa shape index (κ1) is 22.8. The van der Waals surface area contributed by atoms with Gasteiger partial charge in [-0.05, 0) is 55.0 Å². The van der Waals surface area contributed by atoms with Crippen LogP contribution in [0.5, 0.6) is 0 Å². The number of hydrogen-bond acceptors (Lipinski definition) is 5. The van der Waals surface area contributed by atoms with Crippen LogP contribution in [0.1, 0.15) is 26.5 Å². The van der Waals surface area contributed by atoms with Crippen LogP contribution in [0, 0.1) is 6.92 Å². The number of fused-ring (bicyclic) bond motifs is 1. The Balaban J connectivity index is 1.50. The third-order valence-electron chi connectivity index (χ3n) is 6.09. The molecule has 3 heterocycles. The maximum absolute atomic E-state index is 13.1. The topological polar surface area (TPSA) is 130 Å². The van der Waals surface area contributed by atoms with Crippen molar-refractivity contribution in [2.45, 2.75) is 6.92 Å². The van der Waals surface area contributed by atoms with Crippen LogP contribution >= 0.6 is 0 Å². The molecule has 0 fully saturated rings. The zero-order chi connectivity index (χ0) is 25.6. The summed E-state index contributed by atoms with van der Waals surface area (Å²) in [5.41, 5.74) is 9.46. The summed E-state index contributed by atoms with van der Waals surface area (Å²) < 4.78 is 4.76. The van der Waals surface area contributed by atoms with Gasteiger partial charge in [0.15, 0.2) is 0 Å². The number of carbonyl (C=O) groups excluding carboxylic acids is 2. The van der Waals surface area contributed by atoms with Gasteiger partial charge in [-0.25, -0.2) is 19.0 Å². The number of pyridine rings is 1. The molecule has 5 aromatic rings. The first-order chi connectivity index (χ1) is 17.2. The van der Waals surface area contributed by atoms with Crippen LogP contribution in [0.15, 0.2) is 71.7 Å². The van der Waals surface area contributed by atoms with E-state index in [0.29, 0.717) is 39.4 Å². The predicted octanol–water partition coefficient (Wildman–Crippen LogP) is 2.78. The summed E-state index contributed by atoms with van der Waals surface area (Å²) in [7, 11) is 3.50. The highest BCUT2D eigenvalue weighted by Crippen LogP contribution is 2.29. The Kier molecular flexibility index (Phi) is 5.48. The van der Waals surface area contributed by atoms with Crippen molar-refractivity contribution in [3.05, 3.63) is 94.3 Å². The van der Waals surface area contributed by atoms with Gasteiger partial charge in [-0.3, -0.25) is 9.59 Å². The highest BCUT2D eigenvalue weighted by atomic mass is 16.2. The van der Waals surface area contributed by atoms with Crippen LogP contribution < -0.4 is 16.7 Å². The normalized spacial score (nSPS) is 11.1. The Hall–Kier alpha value is -4.99. The molecule has 2 amide bonds. The fourth-order valence-electron chi connectivity index (χ4n) is 4.31. The zero-order valence-electron chi connectivity index (χ0n) is 19.9. The minimum Gasteiger partial charge on any atom is -0.366 e. The summed E-state index contributed by atoms with van der Waals surface area (Å²) in [6.45, 7) is 1.78. The van der Waals surface area contributed by atoms with Crippen molar-refractivity contribution in [2.75, 3.05) is 5.32 Å². The number of carbonyl (C=O) groups is 2. The largest absolute Gasteiger partial charge is 0.366 e. The Morgan fingerprint density at radius 3 is 2.42 bits per heavy atom. The van der Waals surface area contributed by atoms with Crippen molar-refractivity contribution in [3.63, 3.8) is 0 Å². The molecule has 0 aliphatic rings. The molecular formula is C26H23N7O3. The average Bonchev–Trinajstić information content (AvgIpc) is 3.33. The van der Waals surface area contributed by atoms with Crippen molar-refractivity contribution in [2.24, 2.45) is 19.8 Å². The summed E-state index contributed by atoms with van der Waals surface area (Å²) in [6.07, 6.45) is 1.58. The number of anilines is 1. The molecule has 0 atom stereocenters. The monoisotopic (exact) mass is 481 g/mol. The number of benzene rings is 2. The molecule has 2 aromatic carbocycles. The van der Waals surface area contributed by atoms with Gasteiger partial charge in [-0.1, -0.05) is 18.2 Å². The number of nitrogens with one attached hydrogen (secondary N) is 1. The van der Waals surface area contributed by atoms with Gasteiger partial charge in [0.25, 0.3) is 5.91 Å². The van der Waals surface area contributed by atoms with E-state index in [0.717, 1.165) is 11.3 Å². The Labute approximate surface area is 205 Å². The summed E-state index contributed by atoms with van der Waals surface area (Å²) >= 11 is 0. The molecule has 180 valence electrons. The highest BCUT2D eigenvalue weighted by Gasteiger charge is 2.17. The Morgan fingerprint density at radius 2 is 1.75 bits per heavy atom. The number of nitrogens with zero attached hydrogens (tertiary/aromatic N) is 5. The standard InChI is InChI=1S/C26H23N7O3/c1-15-30-32(3)26(36)33(15)19-9-7-16(8-10-19)22-14-21-20(11-12-28-24(21)31(22)2)25(35)29-18-6-4-5-17(13-18)23(27)34/h4-14H,1-3H3,(H2,27,34)(H,29,35). The van der Waals surface area contributed by atoms with E-state index in [2.05, 4.69) is 15.4 Å². The van der Waals surface area contributed by atoms with Crippen LogP contribution in [0.25, 0.3) is 28.0 Å². The lowest BCUT2D eigenvalue weighted by atomic mass is 10.1. The molecule has 0 radical (unpaired) electrons. The van der Waals surface area contributed by atoms with E-state index in [1.807, 2.05) is 41.9 Å². The smallest absolute Gasteiger partial charge is 0.350 e. The lowest BCUT2D eigenvalue weighted by Crippen LogP contribution is -2.21. The van der Waals surface area contributed by atoms with Crippen molar-refractivity contribution in [1.29, 1.82) is 0 Å². The van der Waals surface area contributed by atoms with E-state index in [4.69, 9.17) is 5.73 Å². The molecular weight excluding hydrogens is 458 g/mol. The second kappa shape index (κ2) is 8.66. The van der Waals surface area contributed by atoms with Crippen molar-refractivity contribution in [3.8, 4) is 16.9 Å². The average molecular weight is 482 g/mol. The van der Waals surface area contributed by atoms with E-state index in [1.54, 1.807) is 49.0 Å². The van der Waals surface area contributed by atoms with E-state index in [1.165, 1.54) is 10.7 Å². The van der Waals surface area contributed by atoms with E-state index >= 15 is 0 Å². The summed E-state index contributed by atoms with van der Waals surface area (Å²) in [5, 5.41) is 7.68. The highest BCUT2D eigenvalue weighted by molar-refractivity contribution is 6.13. The SMILES string of the molecule is Cc1nn(C)c(=O)n1-c1ccc(-c2cc3c(C(=O)Nc4cccc(C(N)=O)c4)ccnc3n2C)cc1. The van der Waals surface area contributed by atoms with E-state index in [9.17, 15) is 14.4 Å². The molecule has 3 aromatic heterocycles. The van der Waals surface area contributed by atoms with Crippen molar-refractivity contribution >= 4 is 28.5 Å². The third kappa shape index (κ3) is 3.84. The quantitative estimate of drug-likeness (QED) is 0.399. The Morgan fingerprint density at radius 1 is 1.00 bits per heavy atom. The summed E-state index contributed by atoms with van der Waals surface area (Å²) in [6, 6.07) is 17.6. The van der Waals surface area contributed by atoms with Gasteiger partial charge in [-0.15, -0.1) is 0 Å². The van der Waals surface area contributed by atoms with Crippen molar-refractivity contribution in [1.82, 2.24) is 23.9 Å². The number of aromatic nitrogens is 5. The number of hydrogen-bond donors (Lipinski definition) is 2. The fraction of sp³-hybridized carbons (Fsp3) is 0.115. The van der Waals surface area contributed by atoms with E-state index in [-0.39, 0.29) is 11.6 Å². The molecule has 10 nitrogen and oxygen atoms in total. The Bertz CT molecular complexity index is 1710. The van der Waals surface area contributed by atoms with Crippen LogP contribution in [-0.4, -0.2) is 35.7 Å². The number of primary amides is 1. The lowest BCUT2D eigenvalue weighted by molar-refractivity contribution is 0.0996. The number of aryl methyl sites for hydroxylation is 3. The van der Waals surface area contributed by atoms with E-state index < -0.39 is 5.91 Å². The molecule has 0 unspecified atom stereocenters. The molecule has 10 heteroatoms. The maximum Gasteiger partial charge on any atom is 0.350 e. The van der Waals surface area contributed by atoms with Gasteiger partial charge in [0, 0.05) is 36.9 Å². The predicted molar refractivity (Wildman–Crippen MR) is 136 cm³/mol. The molecule has 0 saturated carbocycles. The second-order valence-corrected chi connectivity index (χ2v) is 8.42. The third-order valence-corrected chi connectivity index (χ3v) is 6.09. The van der Waals surface area contributed by atoms with Gasteiger partial charge < -0.3 is 15.6 Å². The lowest BCUT2D eigenvalue weighted by Gasteiger charge is -2.07. The molecule has 0 bridgehead atoms. The minimum absolute atomic E-state index is 0.217. The van der Waals surface area contributed by atoms with Gasteiger partial charge >= 0.3 is 5.69 Å². The fourth-order valence-corrected chi connectivity index (χ4v) is 4.31. The van der Waals surface area contributed by atoms with Gasteiger partial charge in [-0.2, -0.15) is 5.10 Å². The minimum atomic E-state index is -0.570. The first-order valence-corrected chi connectivity index (χ1v) is 11.1.